The monoisotopic (exact) mass is 242 g/mol. The molecule has 17 heavy (non-hydrogen) atoms. The van der Waals surface area contributed by atoms with Gasteiger partial charge in [0.1, 0.15) is 0 Å². The van der Waals surface area contributed by atoms with Gasteiger partial charge in [0.05, 0.1) is 0 Å². The van der Waals surface area contributed by atoms with E-state index in [1.165, 1.54) is 63.2 Å². The van der Waals surface area contributed by atoms with Gasteiger partial charge in [-0.15, -0.1) is 0 Å². The van der Waals surface area contributed by atoms with Gasteiger partial charge in [0, 0.05) is 0 Å². The molecule has 106 valence electrons. The summed E-state index contributed by atoms with van der Waals surface area (Å²) in [5.74, 6) is 2.33. The van der Waals surface area contributed by atoms with Crippen LogP contribution >= 0.6 is 0 Å². The standard InChI is InChI=1S/C9H16.C5H10.3CH4/c1-2-5-9-7-3-6-8(9)4-1;1-2-4-5-3-1;;;/h8-9H,1-7H2;1-5H2;3*1H4/t8-,9+;;;;. The fourth-order valence-corrected chi connectivity index (χ4v) is 3.57. The van der Waals surface area contributed by atoms with E-state index in [0.717, 1.165) is 0 Å². The van der Waals surface area contributed by atoms with Gasteiger partial charge in [0.15, 0.2) is 0 Å². The smallest absolute Gasteiger partial charge is 0.0386 e. The van der Waals surface area contributed by atoms with E-state index in [-0.39, 0.29) is 22.3 Å². The van der Waals surface area contributed by atoms with Crippen molar-refractivity contribution in [1.82, 2.24) is 0 Å². The minimum absolute atomic E-state index is 0. The van der Waals surface area contributed by atoms with Gasteiger partial charge in [-0.3, -0.25) is 0 Å². The zero-order valence-corrected chi connectivity index (χ0v) is 9.64. The number of rotatable bonds is 0. The van der Waals surface area contributed by atoms with Crippen molar-refractivity contribution >= 4 is 0 Å². The van der Waals surface area contributed by atoms with Crippen molar-refractivity contribution in [3.05, 3.63) is 0 Å². The molecule has 0 aromatic carbocycles. The predicted octanol–water partition coefficient (Wildman–Crippen LogP) is 6.84. The van der Waals surface area contributed by atoms with Crippen LogP contribution in [0, 0.1) is 11.8 Å². The fraction of sp³-hybridized carbons (Fsp3) is 1.00. The van der Waals surface area contributed by atoms with Gasteiger partial charge in [-0.05, 0) is 11.8 Å². The molecule has 0 aliphatic heterocycles. The van der Waals surface area contributed by atoms with Gasteiger partial charge < -0.3 is 0 Å². The maximum absolute atomic E-state index is 1.56. The van der Waals surface area contributed by atoms with Crippen LogP contribution in [0.3, 0.4) is 0 Å². The third kappa shape index (κ3) is 6.48. The van der Waals surface area contributed by atoms with Crippen LogP contribution in [0.2, 0.25) is 0 Å². The molecule has 0 heteroatoms. The first-order chi connectivity index (χ1) is 6.97. The van der Waals surface area contributed by atoms with Gasteiger partial charge in [-0.25, -0.2) is 0 Å². The summed E-state index contributed by atoms with van der Waals surface area (Å²) in [4.78, 5) is 0. The molecular formula is C17H38. The maximum Gasteiger partial charge on any atom is -0.0386 e. The van der Waals surface area contributed by atoms with Crippen LogP contribution in [0.25, 0.3) is 0 Å². The highest BCUT2D eigenvalue weighted by atomic mass is 14.3. The van der Waals surface area contributed by atoms with E-state index in [4.69, 9.17) is 0 Å². The van der Waals surface area contributed by atoms with Gasteiger partial charge in [-0.2, -0.15) is 0 Å². The molecule has 3 saturated carbocycles. The summed E-state index contributed by atoms with van der Waals surface area (Å²) in [5.41, 5.74) is 0. The molecule has 0 spiro atoms. The van der Waals surface area contributed by atoms with E-state index in [2.05, 4.69) is 0 Å². The molecule has 0 aromatic heterocycles. The molecule has 0 heterocycles. The van der Waals surface area contributed by atoms with Crippen LogP contribution in [0.5, 0.6) is 0 Å². The SMILES string of the molecule is C.C.C.C1CCCC1.C1CC[C@H]2CCC[C@H]2C1. The summed E-state index contributed by atoms with van der Waals surface area (Å²) in [5, 5.41) is 0. The molecule has 0 saturated heterocycles. The topological polar surface area (TPSA) is 0 Å². The summed E-state index contributed by atoms with van der Waals surface area (Å²) in [6.45, 7) is 0. The number of hydrogen-bond donors (Lipinski definition) is 0. The van der Waals surface area contributed by atoms with Crippen LogP contribution in [0.15, 0.2) is 0 Å². The predicted molar refractivity (Wildman–Crippen MR) is 82.6 cm³/mol. The summed E-state index contributed by atoms with van der Waals surface area (Å²) < 4.78 is 0. The molecule has 3 rings (SSSR count). The fourth-order valence-electron chi connectivity index (χ4n) is 3.57. The Morgan fingerprint density at radius 3 is 1.00 bits per heavy atom. The quantitative estimate of drug-likeness (QED) is 0.436. The molecule has 0 bridgehead atoms. The van der Waals surface area contributed by atoms with E-state index in [1.54, 1.807) is 25.7 Å². The minimum Gasteiger partial charge on any atom is -0.0776 e. The van der Waals surface area contributed by atoms with Gasteiger partial charge in [0.2, 0.25) is 0 Å². The Hall–Kier alpha value is 0. The zero-order valence-electron chi connectivity index (χ0n) is 9.64. The lowest BCUT2D eigenvalue weighted by molar-refractivity contribution is 0.277. The Kier molecular flexibility index (Phi) is 12.6. The van der Waals surface area contributed by atoms with E-state index in [0.29, 0.717) is 0 Å². The van der Waals surface area contributed by atoms with Crippen LogP contribution in [0.1, 0.15) is 99.3 Å². The lowest BCUT2D eigenvalue weighted by Gasteiger charge is -2.24. The third-order valence-electron chi connectivity index (χ3n) is 4.47. The molecule has 0 radical (unpaired) electrons. The molecule has 2 atom stereocenters. The van der Waals surface area contributed by atoms with Crippen molar-refractivity contribution < 1.29 is 0 Å². The highest BCUT2D eigenvalue weighted by Gasteiger charge is 2.28. The van der Waals surface area contributed by atoms with E-state index >= 15 is 0 Å². The molecule has 0 nitrogen and oxygen atoms in total. The van der Waals surface area contributed by atoms with Crippen molar-refractivity contribution in [2.75, 3.05) is 0 Å². The zero-order chi connectivity index (χ0) is 9.64. The molecule has 0 aromatic rings. The third-order valence-corrected chi connectivity index (χ3v) is 4.47. The highest BCUT2D eigenvalue weighted by Crippen LogP contribution is 2.41. The molecule has 3 aliphatic carbocycles. The molecule has 3 aliphatic rings. The number of fused-ring (bicyclic) bond motifs is 1. The second-order valence-corrected chi connectivity index (χ2v) is 5.50. The van der Waals surface area contributed by atoms with Crippen molar-refractivity contribution in [3.8, 4) is 0 Å². The molecular weight excluding hydrogens is 204 g/mol. The van der Waals surface area contributed by atoms with Gasteiger partial charge in [0.25, 0.3) is 0 Å². The van der Waals surface area contributed by atoms with Crippen LogP contribution < -0.4 is 0 Å². The second kappa shape index (κ2) is 11.1. The van der Waals surface area contributed by atoms with Gasteiger partial charge >= 0.3 is 0 Å². The summed E-state index contributed by atoms with van der Waals surface area (Å²) in [6.07, 6.45) is 18.3. The Morgan fingerprint density at radius 2 is 0.647 bits per heavy atom. The largest absolute Gasteiger partial charge is 0.0776 e. The van der Waals surface area contributed by atoms with E-state index in [1.807, 2.05) is 0 Å². The number of hydrogen-bond acceptors (Lipinski definition) is 0. The van der Waals surface area contributed by atoms with Crippen LogP contribution in [0.4, 0.5) is 0 Å². The molecule has 0 unspecified atom stereocenters. The van der Waals surface area contributed by atoms with E-state index in [9.17, 15) is 0 Å². The second-order valence-electron chi connectivity index (χ2n) is 5.50. The molecule has 0 amide bonds. The molecule has 3 fully saturated rings. The van der Waals surface area contributed by atoms with Crippen molar-refractivity contribution in [3.63, 3.8) is 0 Å². The molecule has 0 N–H and O–H groups in total. The summed E-state index contributed by atoms with van der Waals surface area (Å²) in [6, 6.07) is 0. The van der Waals surface area contributed by atoms with Crippen molar-refractivity contribution in [2.24, 2.45) is 11.8 Å². The normalized spacial score (nSPS) is 29.6. The van der Waals surface area contributed by atoms with E-state index < -0.39 is 0 Å². The van der Waals surface area contributed by atoms with Crippen molar-refractivity contribution in [2.45, 2.75) is 99.3 Å². The Labute approximate surface area is 112 Å². The Balaban J connectivity index is 0. The maximum atomic E-state index is 1.56. The lowest BCUT2D eigenvalue weighted by Crippen LogP contribution is -2.12. The van der Waals surface area contributed by atoms with Crippen LogP contribution in [-0.4, -0.2) is 0 Å². The lowest BCUT2D eigenvalue weighted by atomic mass is 9.82. The first kappa shape index (κ1) is 19.3. The first-order valence-corrected chi connectivity index (χ1v) is 6.97. The highest BCUT2D eigenvalue weighted by molar-refractivity contribution is 4.80. The van der Waals surface area contributed by atoms with Gasteiger partial charge in [-0.1, -0.05) is 99.3 Å². The Morgan fingerprint density at radius 1 is 0.353 bits per heavy atom. The summed E-state index contributed by atoms with van der Waals surface area (Å²) in [7, 11) is 0. The minimum atomic E-state index is 0. The average molecular weight is 242 g/mol. The van der Waals surface area contributed by atoms with Crippen molar-refractivity contribution in [1.29, 1.82) is 0 Å². The van der Waals surface area contributed by atoms with Crippen LogP contribution in [-0.2, 0) is 0 Å². The summed E-state index contributed by atoms with van der Waals surface area (Å²) >= 11 is 0. The average Bonchev–Trinajstić information content (AvgIpc) is 2.92. The first-order valence-electron chi connectivity index (χ1n) is 6.97. The Bertz CT molecular complexity index is 127.